The second-order valence-corrected chi connectivity index (χ2v) is 5.88. The maximum atomic E-state index is 12.3. The van der Waals surface area contributed by atoms with Crippen LogP contribution in [-0.4, -0.2) is 55.6 Å². The highest BCUT2D eigenvalue weighted by molar-refractivity contribution is 5.93. The highest BCUT2D eigenvalue weighted by atomic mass is 16.5. The molecule has 0 radical (unpaired) electrons. The maximum absolute atomic E-state index is 12.3. The minimum Gasteiger partial charge on any atom is -0.493 e. The molecule has 1 fully saturated rings. The van der Waals surface area contributed by atoms with E-state index in [9.17, 15) is 14.4 Å². The van der Waals surface area contributed by atoms with E-state index in [0.29, 0.717) is 31.1 Å². The highest BCUT2D eigenvalue weighted by Crippen LogP contribution is 2.28. The van der Waals surface area contributed by atoms with Crippen LogP contribution >= 0.6 is 0 Å². The summed E-state index contributed by atoms with van der Waals surface area (Å²) in [6.07, 6.45) is 2.16. The molecule has 0 bridgehead atoms. The van der Waals surface area contributed by atoms with E-state index in [1.807, 2.05) is 6.92 Å². The van der Waals surface area contributed by atoms with Crippen LogP contribution in [0.15, 0.2) is 18.2 Å². The number of rotatable bonds is 7. The Balaban J connectivity index is 1.99. The summed E-state index contributed by atoms with van der Waals surface area (Å²) in [6, 6.07) is 3.99. The molecular formula is C18H24N2O6. The average Bonchev–Trinajstić information content (AvgIpc) is 2.66. The molecule has 142 valence electrons. The molecule has 8 heteroatoms. The number of benzene rings is 1. The van der Waals surface area contributed by atoms with Crippen molar-refractivity contribution in [3.05, 3.63) is 23.8 Å². The molecule has 1 saturated heterocycles. The molecule has 8 nitrogen and oxygen atoms in total. The third-order valence-electron chi connectivity index (χ3n) is 4.18. The van der Waals surface area contributed by atoms with Crippen LogP contribution < -0.4 is 15.2 Å². The van der Waals surface area contributed by atoms with Gasteiger partial charge in [0.1, 0.15) is 6.04 Å². The summed E-state index contributed by atoms with van der Waals surface area (Å²) in [5.41, 5.74) is 5.59. The van der Waals surface area contributed by atoms with Gasteiger partial charge in [0.05, 0.1) is 19.3 Å². The zero-order valence-electron chi connectivity index (χ0n) is 15.0. The number of carbonyl (C=O) groups is 3. The molecule has 2 N–H and O–H groups in total. The Morgan fingerprint density at radius 3 is 2.65 bits per heavy atom. The Labute approximate surface area is 152 Å². The quantitative estimate of drug-likeness (QED) is 0.726. The van der Waals surface area contributed by atoms with E-state index in [1.165, 1.54) is 24.1 Å². The number of nitrogens with zero attached hydrogens (tertiary/aromatic N) is 1. The Morgan fingerprint density at radius 1 is 1.23 bits per heavy atom. The molecule has 1 aromatic carbocycles. The Hall–Kier alpha value is -2.77. The molecule has 26 heavy (non-hydrogen) atoms. The van der Waals surface area contributed by atoms with Crippen molar-refractivity contribution in [1.82, 2.24) is 4.90 Å². The van der Waals surface area contributed by atoms with Gasteiger partial charge >= 0.3 is 5.97 Å². The van der Waals surface area contributed by atoms with Crippen molar-refractivity contribution in [2.75, 3.05) is 26.9 Å². The number of hydrogen-bond donors (Lipinski definition) is 1. The standard InChI is InChI=1S/C18H24N2O6/c1-3-25-14-8-7-12(10-15(14)24-2)18(23)26-11-16(21)20-9-5-4-6-13(20)17(19)22/h7-8,10,13H,3-6,9,11H2,1-2H3,(H2,19,22)/t13-/m1/s1. The Bertz CT molecular complexity index is 676. The number of nitrogens with two attached hydrogens (primary N) is 1. The van der Waals surface area contributed by atoms with E-state index >= 15 is 0 Å². The van der Waals surface area contributed by atoms with Crippen LogP contribution in [0, 0.1) is 0 Å². The molecule has 2 amide bonds. The number of carbonyl (C=O) groups excluding carboxylic acids is 3. The summed E-state index contributed by atoms with van der Waals surface area (Å²) in [6.45, 7) is 2.29. The fraction of sp³-hybridized carbons (Fsp3) is 0.500. The molecule has 1 atom stereocenters. The predicted octanol–water partition coefficient (Wildman–Crippen LogP) is 1.12. The number of hydrogen-bond acceptors (Lipinski definition) is 6. The number of amides is 2. The first-order chi connectivity index (χ1) is 12.5. The summed E-state index contributed by atoms with van der Waals surface area (Å²) in [5.74, 6) is -0.717. The van der Waals surface area contributed by atoms with Crippen LogP contribution in [0.25, 0.3) is 0 Å². The summed E-state index contributed by atoms with van der Waals surface area (Å²) in [7, 11) is 1.47. The smallest absolute Gasteiger partial charge is 0.338 e. The van der Waals surface area contributed by atoms with E-state index in [1.54, 1.807) is 6.07 Å². The number of piperidine rings is 1. The van der Waals surface area contributed by atoms with E-state index < -0.39 is 30.4 Å². The molecule has 1 aromatic rings. The monoisotopic (exact) mass is 364 g/mol. The predicted molar refractivity (Wildman–Crippen MR) is 93.0 cm³/mol. The Morgan fingerprint density at radius 2 is 2.00 bits per heavy atom. The number of likely N-dealkylation sites (tertiary alicyclic amines) is 1. The van der Waals surface area contributed by atoms with E-state index in [-0.39, 0.29) is 5.56 Å². The number of primary amides is 1. The van der Waals surface area contributed by atoms with Gasteiger partial charge in [-0.25, -0.2) is 4.79 Å². The van der Waals surface area contributed by atoms with Gasteiger partial charge in [-0.3, -0.25) is 9.59 Å². The molecule has 2 rings (SSSR count). The third kappa shape index (κ3) is 4.65. The van der Waals surface area contributed by atoms with Gasteiger partial charge in [0, 0.05) is 6.54 Å². The van der Waals surface area contributed by atoms with Gasteiger partial charge in [-0.2, -0.15) is 0 Å². The lowest BCUT2D eigenvalue weighted by Crippen LogP contribution is -2.51. The van der Waals surface area contributed by atoms with Gasteiger partial charge in [-0.15, -0.1) is 0 Å². The van der Waals surface area contributed by atoms with E-state index in [0.717, 1.165) is 12.8 Å². The average molecular weight is 364 g/mol. The van der Waals surface area contributed by atoms with Crippen LogP contribution in [0.3, 0.4) is 0 Å². The van der Waals surface area contributed by atoms with Crippen LogP contribution in [0.1, 0.15) is 36.5 Å². The molecule has 0 spiro atoms. The first kappa shape index (κ1) is 19.6. The van der Waals surface area contributed by atoms with Gasteiger partial charge < -0.3 is 24.8 Å². The van der Waals surface area contributed by atoms with Crippen molar-refractivity contribution in [2.45, 2.75) is 32.2 Å². The minimum absolute atomic E-state index is 0.239. The molecule has 0 unspecified atom stereocenters. The van der Waals surface area contributed by atoms with Crippen LogP contribution in [0.4, 0.5) is 0 Å². The van der Waals surface area contributed by atoms with Gasteiger partial charge in [-0.05, 0) is 44.4 Å². The minimum atomic E-state index is -0.660. The van der Waals surface area contributed by atoms with E-state index in [4.69, 9.17) is 19.9 Å². The SMILES string of the molecule is CCOc1ccc(C(=O)OCC(=O)N2CCCC[C@@H]2C(N)=O)cc1OC. The fourth-order valence-electron chi connectivity index (χ4n) is 2.89. The summed E-state index contributed by atoms with van der Waals surface area (Å²) in [5, 5.41) is 0. The molecule has 0 aromatic heterocycles. The van der Waals surface area contributed by atoms with Gasteiger partial charge in [0.2, 0.25) is 5.91 Å². The van der Waals surface area contributed by atoms with Crippen LogP contribution in [-0.2, 0) is 14.3 Å². The van der Waals surface area contributed by atoms with Crippen molar-refractivity contribution in [1.29, 1.82) is 0 Å². The topological polar surface area (TPSA) is 108 Å². The number of esters is 1. The van der Waals surface area contributed by atoms with Crippen molar-refractivity contribution in [2.24, 2.45) is 5.73 Å². The van der Waals surface area contributed by atoms with E-state index in [2.05, 4.69) is 0 Å². The molecule has 1 aliphatic rings. The zero-order valence-corrected chi connectivity index (χ0v) is 15.0. The lowest BCUT2D eigenvalue weighted by molar-refractivity contribution is -0.143. The second kappa shape index (κ2) is 9.07. The molecule has 0 aliphatic carbocycles. The van der Waals surface area contributed by atoms with Gasteiger partial charge in [0.15, 0.2) is 18.1 Å². The van der Waals surface area contributed by atoms with Crippen molar-refractivity contribution in [3.63, 3.8) is 0 Å². The zero-order chi connectivity index (χ0) is 19.1. The number of ether oxygens (including phenoxy) is 3. The van der Waals surface area contributed by atoms with Gasteiger partial charge in [-0.1, -0.05) is 0 Å². The summed E-state index contributed by atoms with van der Waals surface area (Å²) in [4.78, 5) is 37.4. The Kier molecular flexibility index (Phi) is 6.82. The molecular weight excluding hydrogens is 340 g/mol. The lowest BCUT2D eigenvalue weighted by atomic mass is 10.0. The maximum Gasteiger partial charge on any atom is 0.338 e. The molecule has 1 aliphatic heterocycles. The third-order valence-corrected chi connectivity index (χ3v) is 4.18. The number of methoxy groups -OCH3 is 1. The van der Waals surface area contributed by atoms with Gasteiger partial charge in [0.25, 0.3) is 5.91 Å². The molecule has 1 heterocycles. The largest absolute Gasteiger partial charge is 0.493 e. The summed E-state index contributed by atoms with van der Waals surface area (Å²) >= 11 is 0. The van der Waals surface area contributed by atoms with Crippen LogP contribution in [0.2, 0.25) is 0 Å². The summed E-state index contributed by atoms with van der Waals surface area (Å²) < 4.78 is 15.7. The van der Waals surface area contributed by atoms with Crippen molar-refractivity contribution < 1.29 is 28.6 Å². The van der Waals surface area contributed by atoms with Crippen LogP contribution in [0.5, 0.6) is 11.5 Å². The first-order valence-electron chi connectivity index (χ1n) is 8.54. The molecule has 0 saturated carbocycles. The normalized spacial score (nSPS) is 16.7. The fourth-order valence-corrected chi connectivity index (χ4v) is 2.89. The van der Waals surface area contributed by atoms with Crippen molar-refractivity contribution in [3.8, 4) is 11.5 Å². The second-order valence-electron chi connectivity index (χ2n) is 5.88. The lowest BCUT2D eigenvalue weighted by Gasteiger charge is -2.33. The highest BCUT2D eigenvalue weighted by Gasteiger charge is 2.31. The first-order valence-corrected chi connectivity index (χ1v) is 8.54. The van der Waals surface area contributed by atoms with Crippen molar-refractivity contribution >= 4 is 17.8 Å².